The fourth-order valence-corrected chi connectivity index (χ4v) is 4.82. The molecule has 0 aliphatic carbocycles. The van der Waals surface area contributed by atoms with Crippen molar-refractivity contribution in [2.45, 2.75) is 13.0 Å². The van der Waals surface area contributed by atoms with Crippen molar-refractivity contribution in [3.8, 4) is 0 Å². The first-order chi connectivity index (χ1) is 17.0. The smallest absolute Gasteiger partial charge is 0.291 e. The molecule has 1 aliphatic rings. The number of benzene rings is 2. The standard InChI is InChI=1S/C26H29FN6O2/c1-30-26(35)25-22(17-29-30)21-5-2-3-6-23(21)33(25)18-24(34)28-11-4-12-31-13-15-32(16-14-31)20-9-7-19(27)8-10-20/h2-3,5-10,17H,4,11-16,18H2,1H3,(H,28,34). The summed E-state index contributed by atoms with van der Waals surface area (Å²) < 4.78 is 16.2. The lowest BCUT2D eigenvalue weighted by molar-refractivity contribution is -0.121. The first-order valence-electron chi connectivity index (χ1n) is 11.9. The molecule has 0 atom stereocenters. The van der Waals surface area contributed by atoms with Gasteiger partial charge in [0.05, 0.1) is 6.20 Å². The number of rotatable bonds is 7. The summed E-state index contributed by atoms with van der Waals surface area (Å²) in [4.78, 5) is 30.2. The molecule has 3 heterocycles. The van der Waals surface area contributed by atoms with Gasteiger partial charge in [-0.2, -0.15) is 5.10 Å². The zero-order valence-electron chi connectivity index (χ0n) is 19.8. The Morgan fingerprint density at radius 1 is 1.03 bits per heavy atom. The lowest BCUT2D eigenvalue weighted by atomic mass is 10.2. The van der Waals surface area contributed by atoms with Gasteiger partial charge in [-0.25, -0.2) is 9.07 Å². The van der Waals surface area contributed by atoms with Gasteiger partial charge < -0.3 is 14.8 Å². The lowest BCUT2D eigenvalue weighted by Gasteiger charge is -2.36. The molecule has 1 N–H and O–H groups in total. The van der Waals surface area contributed by atoms with Crippen LogP contribution in [0.1, 0.15) is 6.42 Å². The van der Waals surface area contributed by atoms with Crippen LogP contribution in [-0.4, -0.2) is 64.4 Å². The van der Waals surface area contributed by atoms with E-state index in [1.165, 1.54) is 16.8 Å². The van der Waals surface area contributed by atoms with Crippen LogP contribution in [0.3, 0.4) is 0 Å². The van der Waals surface area contributed by atoms with E-state index in [-0.39, 0.29) is 23.8 Å². The summed E-state index contributed by atoms with van der Waals surface area (Å²) in [6, 6.07) is 14.3. The Morgan fingerprint density at radius 3 is 2.54 bits per heavy atom. The molecule has 4 aromatic rings. The number of carbonyl (C=O) groups is 1. The molecule has 8 nitrogen and oxygen atoms in total. The van der Waals surface area contributed by atoms with E-state index in [4.69, 9.17) is 0 Å². The van der Waals surface area contributed by atoms with Crippen LogP contribution in [-0.2, 0) is 18.4 Å². The second-order valence-electron chi connectivity index (χ2n) is 8.95. The van der Waals surface area contributed by atoms with Crippen molar-refractivity contribution in [2.24, 2.45) is 7.05 Å². The number of hydrogen-bond donors (Lipinski definition) is 1. The molecule has 0 saturated carbocycles. The predicted octanol–water partition coefficient (Wildman–Crippen LogP) is 2.36. The number of carbonyl (C=O) groups excluding carboxylic acids is 1. The summed E-state index contributed by atoms with van der Waals surface area (Å²) in [5, 5.41) is 8.83. The fraction of sp³-hybridized carbons (Fsp3) is 0.346. The van der Waals surface area contributed by atoms with Gasteiger partial charge in [0.2, 0.25) is 5.91 Å². The first-order valence-corrected chi connectivity index (χ1v) is 11.9. The molecule has 0 unspecified atom stereocenters. The molecular weight excluding hydrogens is 447 g/mol. The second-order valence-corrected chi connectivity index (χ2v) is 8.95. The van der Waals surface area contributed by atoms with Gasteiger partial charge in [0.1, 0.15) is 17.9 Å². The summed E-state index contributed by atoms with van der Waals surface area (Å²) in [5.74, 6) is -0.334. The Hall–Kier alpha value is -3.72. The first kappa shape index (κ1) is 23.0. The number of nitrogens with zero attached hydrogens (tertiary/aromatic N) is 5. The van der Waals surface area contributed by atoms with Crippen LogP contribution in [0.25, 0.3) is 21.8 Å². The highest BCUT2D eigenvalue weighted by molar-refractivity contribution is 6.07. The fourth-order valence-electron chi connectivity index (χ4n) is 4.82. The highest BCUT2D eigenvalue weighted by Crippen LogP contribution is 2.26. The summed E-state index contributed by atoms with van der Waals surface area (Å²) >= 11 is 0. The minimum absolute atomic E-state index is 0.0829. The lowest BCUT2D eigenvalue weighted by Crippen LogP contribution is -2.47. The van der Waals surface area contributed by atoms with Crippen LogP contribution in [0.2, 0.25) is 0 Å². The third-order valence-corrected chi connectivity index (χ3v) is 6.71. The maximum absolute atomic E-state index is 13.1. The van der Waals surface area contributed by atoms with Crippen molar-refractivity contribution >= 4 is 33.4 Å². The zero-order chi connectivity index (χ0) is 24.4. The monoisotopic (exact) mass is 476 g/mol. The van der Waals surface area contributed by atoms with E-state index in [1.807, 2.05) is 36.4 Å². The molecule has 1 fully saturated rings. The van der Waals surface area contributed by atoms with Gasteiger partial charge in [-0.3, -0.25) is 14.5 Å². The maximum atomic E-state index is 13.1. The number of piperazine rings is 1. The number of nitrogens with one attached hydrogen (secondary N) is 1. The molecule has 1 amide bonds. The molecule has 9 heteroatoms. The Labute approximate surface area is 202 Å². The molecule has 2 aromatic carbocycles. The normalized spacial score (nSPS) is 14.6. The van der Waals surface area contributed by atoms with Crippen molar-refractivity contribution < 1.29 is 9.18 Å². The van der Waals surface area contributed by atoms with Crippen LogP contribution >= 0.6 is 0 Å². The quantitative estimate of drug-likeness (QED) is 0.415. The Bertz CT molecular complexity index is 1400. The van der Waals surface area contributed by atoms with Crippen molar-refractivity contribution in [3.63, 3.8) is 0 Å². The predicted molar refractivity (Wildman–Crippen MR) is 135 cm³/mol. The number of para-hydroxylation sites is 1. The average molecular weight is 477 g/mol. The van der Waals surface area contributed by atoms with Crippen molar-refractivity contribution in [1.82, 2.24) is 24.6 Å². The van der Waals surface area contributed by atoms with Crippen LogP contribution in [0.4, 0.5) is 10.1 Å². The summed E-state index contributed by atoms with van der Waals surface area (Å²) in [5.41, 5.74) is 2.18. The van der Waals surface area contributed by atoms with E-state index >= 15 is 0 Å². The topological polar surface area (TPSA) is 75.4 Å². The highest BCUT2D eigenvalue weighted by atomic mass is 19.1. The maximum Gasteiger partial charge on any atom is 0.291 e. The summed E-state index contributed by atoms with van der Waals surface area (Å²) in [6.45, 7) is 5.23. The molecule has 0 spiro atoms. The number of amides is 1. The minimum Gasteiger partial charge on any atom is -0.369 e. The van der Waals surface area contributed by atoms with Gasteiger partial charge in [0, 0.05) is 61.7 Å². The van der Waals surface area contributed by atoms with Crippen molar-refractivity contribution in [1.29, 1.82) is 0 Å². The third kappa shape index (κ3) is 4.77. The number of aryl methyl sites for hydroxylation is 1. The minimum atomic E-state index is -0.216. The number of fused-ring (bicyclic) bond motifs is 3. The Kier molecular flexibility index (Phi) is 6.50. The van der Waals surface area contributed by atoms with E-state index in [2.05, 4.69) is 20.2 Å². The van der Waals surface area contributed by atoms with Gasteiger partial charge in [-0.15, -0.1) is 0 Å². The van der Waals surface area contributed by atoms with Gasteiger partial charge in [0.25, 0.3) is 5.56 Å². The molecule has 0 radical (unpaired) electrons. The van der Waals surface area contributed by atoms with Gasteiger partial charge in [-0.1, -0.05) is 18.2 Å². The number of hydrogen-bond acceptors (Lipinski definition) is 5. The van der Waals surface area contributed by atoms with Crippen molar-refractivity contribution in [3.05, 3.63) is 70.9 Å². The molecule has 35 heavy (non-hydrogen) atoms. The van der Waals surface area contributed by atoms with Crippen LogP contribution < -0.4 is 15.8 Å². The largest absolute Gasteiger partial charge is 0.369 e. The van der Waals surface area contributed by atoms with Crippen LogP contribution in [0.5, 0.6) is 0 Å². The molecule has 182 valence electrons. The van der Waals surface area contributed by atoms with Crippen LogP contribution in [0.15, 0.2) is 59.5 Å². The number of anilines is 1. The number of aromatic nitrogens is 3. The third-order valence-electron chi connectivity index (χ3n) is 6.71. The number of halogens is 1. The SMILES string of the molecule is Cn1ncc2c3ccccc3n(CC(=O)NCCCN3CCN(c4ccc(F)cc4)CC3)c2c1=O. The van der Waals surface area contributed by atoms with Crippen molar-refractivity contribution in [2.75, 3.05) is 44.2 Å². The second kappa shape index (κ2) is 9.87. The molecule has 1 aliphatic heterocycles. The molecule has 5 rings (SSSR count). The summed E-state index contributed by atoms with van der Waals surface area (Å²) in [7, 11) is 1.61. The van der Waals surface area contributed by atoms with E-state index in [0.29, 0.717) is 12.1 Å². The van der Waals surface area contributed by atoms with Gasteiger partial charge >= 0.3 is 0 Å². The Balaban J connectivity index is 1.14. The molecule has 2 aromatic heterocycles. The van der Waals surface area contributed by atoms with Gasteiger partial charge in [0.15, 0.2) is 0 Å². The van der Waals surface area contributed by atoms with E-state index in [1.54, 1.807) is 17.8 Å². The zero-order valence-corrected chi connectivity index (χ0v) is 19.8. The summed E-state index contributed by atoms with van der Waals surface area (Å²) in [6.07, 6.45) is 2.53. The average Bonchev–Trinajstić information content (AvgIpc) is 3.19. The van der Waals surface area contributed by atoms with E-state index in [0.717, 1.165) is 61.1 Å². The molecule has 1 saturated heterocycles. The molecule has 0 bridgehead atoms. The van der Waals surface area contributed by atoms with Gasteiger partial charge in [-0.05, 0) is 43.3 Å². The van der Waals surface area contributed by atoms with E-state index < -0.39 is 0 Å². The molecular formula is C26H29FN6O2. The highest BCUT2D eigenvalue weighted by Gasteiger charge is 2.18. The van der Waals surface area contributed by atoms with Crippen LogP contribution in [0, 0.1) is 5.82 Å². The Morgan fingerprint density at radius 2 is 1.77 bits per heavy atom. The van der Waals surface area contributed by atoms with E-state index in [9.17, 15) is 14.0 Å².